The largest absolute Gasteiger partial charge is 0.493 e. The monoisotopic (exact) mass is 365 g/mol. The summed E-state index contributed by atoms with van der Waals surface area (Å²) in [7, 11) is 3.18. The number of para-hydroxylation sites is 1. The number of rotatable bonds is 8. The quantitative estimate of drug-likeness (QED) is 0.714. The number of thioether (sulfide) groups is 1. The highest BCUT2D eigenvalue weighted by Gasteiger charge is 2.10. The van der Waals surface area contributed by atoms with Crippen molar-refractivity contribution in [3.8, 4) is 11.5 Å². The molecule has 0 fully saturated rings. The van der Waals surface area contributed by atoms with Crippen LogP contribution in [0.4, 0.5) is 0 Å². The molecule has 1 amide bonds. The molecule has 0 atom stereocenters. The molecule has 0 saturated carbocycles. The molecule has 0 aliphatic rings. The minimum absolute atomic E-state index is 0.00124. The molecule has 0 radical (unpaired) electrons. The van der Waals surface area contributed by atoms with Gasteiger partial charge < -0.3 is 14.8 Å². The van der Waals surface area contributed by atoms with Crippen LogP contribution in [0.3, 0.4) is 0 Å². The Morgan fingerprint density at radius 2 is 1.88 bits per heavy atom. The topological polar surface area (TPSA) is 47.6 Å². The summed E-state index contributed by atoms with van der Waals surface area (Å²) in [5.74, 6) is 2.02. The van der Waals surface area contributed by atoms with E-state index in [-0.39, 0.29) is 5.91 Å². The average Bonchev–Trinajstić information content (AvgIpc) is 2.61. The Labute approximate surface area is 151 Å². The molecule has 0 aliphatic carbocycles. The zero-order chi connectivity index (χ0) is 17.4. The van der Waals surface area contributed by atoms with E-state index in [0.29, 0.717) is 35.2 Å². The van der Waals surface area contributed by atoms with Gasteiger partial charge in [-0.05, 0) is 30.3 Å². The van der Waals surface area contributed by atoms with E-state index in [1.165, 1.54) is 0 Å². The van der Waals surface area contributed by atoms with Crippen LogP contribution in [0.1, 0.15) is 12.0 Å². The van der Waals surface area contributed by atoms with Gasteiger partial charge in [-0.3, -0.25) is 4.79 Å². The van der Waals surface area contributed by atoms with Gasteiger partial charge in [-0.2, -0.15) is 0 Å². The van der Waals surface area contributed by atoms with Crippen LogP contribution in [0.2, 0.25) is 5.02 Å². The lowest BCUT2D eigenvalue weighted by atomic mass is 10.2. The normalized spacial score (nSPS) is 10.3. The van der Waals surface area contributed by atoms with Crippen LogP contribution in [0.5, 0.6) is 11.5 Å². The molecule has 2 aromatic carbocycles. The molecule has 128 valence electrons. The summed E-state index contributed by atoms with van der Waals surface area (Å²) in [6, 6.07) is 13.2. The second-order valence-electron chi connectivity index (χ2n) is 4.98. The summed E-state index contributed by atoms with van der Waals surface area (Å²) in [5, 5.41) is 3.62. The maximum absolute atomic E-state index is 12.0. The zero-order valence-electron chi connectivity index (χ0n) is 13.7. The van der Waals surface area contributed by atoms with Crippen molar-refractivity contribution < 1.29 is 14.3 Å². The van der Waals surface area contributed by atoms with Gasteiger partial charge in [0, 0.05) is 34.2 Å². The van der Waals surface area contributed by atoms with E-state index in [1.54, 1.807) is 26.0 Å². The van der Waals surface area contributed by atoms with Crippen LogP contribution < -0.4 is 14.8 Å². The first-order valence-corrected chi connectivity index (χ1v) is 8.85. The molecular formula is C18H20ClNO3S. The number of benzene rings is 2. The van der Waals surface area contributed by atoms with Gasteiger partial charge in [-0.15, -0.1) is 11.8 Å². The molecule has 6 heteroatoms. The van der Waals surface area contributed by atoms with E-state index in [9.17, 15) is 4.79 Å². The molecule has 4 nitrogen and oxygen atoms in total. The maximum Gasteiger partial charge on any atom is 0.221 e. The number of ether oxygens (including phenoxy) is 2. The van der Waals surface area contributed by atoms with Crippen molar-refractivity contribution in [3.63, 3.8) is 0 Å². The lowest BCUT2D eigenvalue weighted by Gasteiger charge is -2.13. The molecular weight excluding hydrogens is 346 g/mol. The highest BCUT2D eigenvalue weighted by Crippen LogP contribution is 2.30. The number of amides is 1. The van der Waals surface area contributed by atoms with E-state index < -0.39 is 0 Å². The SMILES string of the molecule is COc1cccc(CNC(=O)CCSc2ccc(Cl)cc2)c1OC. The molecule has 2 rings (SSSR count). The number of halogens is 1. The van der Waals surface area contributed by atoms with Gasteiger partial charge >= 0.3 is 0 Å². The fraction of sp³-hybridized carbons (Fsp3) is 0.278. The molecule has 0 heterocycles. The molecule has 1 N–H and O–H groups in total. The van der Waals surface area contributed by atoms with Gasteiger partial charge in [0.1, 0.15) is 0 Å². The first kappa shape index (κ1) is 18.5. The smallest absolute Gasteiger partial charge is 0.221 e. The summed E-state index contributed by atoms with van der Waals surface area (Å²) >= 11 is 7.48. The predicted molar refractivity (Wildman–Crippen MR) is 98.2 cm³/mol. The van der Waals surface area contributed by atoms with E-state index in [0.717, 1.165) is 10.5 Å². The lowest BCUT2D eigenvalue weighted by molar-refractivity contribution is -0.120. The van der Waals surface area contributed by atoms with Crippen LogP contribution in [0, 0.1) is 0 Å². The van der Waals surface area contributed by atoms with Crippen LogP contribution in [-0.2, 0) is 11.3 Å². The predicted octanol–water partition coefficient (Wildman–Crippen LogP) is 4.16. The Morgan fingerprint density at radius 1 is 1.12 bits per heavy atom. The Bertz CT molecular complexity index is 676. The van der Waals surface area contributed by atoms with Crippen molar-refractivity contribution in [2.45, 2.75) is 17.9 Å². The summed E-state index contributed by atoms with van der Waals surface area (Å²) in [5.41, 5.74) is 0.885. The van der Waals surface area contributed by atoms with E-state index >= 15 is 0 Å². The van der Waals surface area contributed by atoms with Crippen LogP contribution >= 0.6 is 23.4 Å². The Hall–Kier alpha value is -1.85. The van der Waals surface area contributed by atoms with Gasteiger partial charge in [0.25, 0.3) is 0 Å². The number of nitrogens with one attached hydrogen (secondary N) is 1. The van der Waals surface area contributed by atoms with Gasteiger partial charge in [-0.25, -0.2) is 0 Å². The zero-order valence-corrected chi connectivity index (χ0v) is 15.2. The summed E-state index contributed by atoms with van der Waals surface area (Å²) in [4.78, 5) is 13.1. The van der Waals surface area contributed by atoms with Crippen molar-refractivity contribution in [3.05, 3.63) is 53.1 Å². The van der Waals surface area contributed by atoms with Crippen molar-refractivity contribution in [2.24, 2.45) is 0 Å². The Morgan fingerprint density at radius 3 is 2.54 bits per heavy atom. The minimum atomic E-state index is 0.00124. The summed E-state index contributed by atoms with van der Waals surface area (Å²) in [6.07, 6.45) is 0.444. The number of carbonyl (C=O) groups is 1. The number of hydrogen-bond acceptors (Lipinski definition) is 4. The minimum Gasteiger partial charge on any atom is -0.493 e. The molecule has 0 aliphatic heterocycles. The van der Waals surface area contributed by atoms with E-state index in [2.05, 4.69) is 5.32 Å². The fourth-order valence-electron chi connectivity index (χ4n) is 2.17. The van der Waals surface area contributed by atoms with Crippen LogP contribution in [0.15, 0.2) is 47.4 Å². The Balaban J connectivity index is 1.80. The number of carbonyl (C=O) groups excluding carboxylic acids is 1. The first-order chi connectivity index (χ1) is 11.6. The van der Waals surface area contributed by atoms with Gasteiger partial charge in [0.15, 0.2) is 11.5 Å². The third-order valence-corrected chi connectivity index (χ3v) is 4.64. The lowest BCUT2D eigenvalue weighted by Crippen LogP contribution is -2.23. The molecule has 2 aromatic rings. The van der Waals surface area contributed by atoms with E-state index in [4.69, 9.17) is 21.1 Å². The third kappa shape index (κ3) is 5.35. The van der Waals surface area contributed by atoms with Crippen LogP contribution in [0.25, 0.3) is 0 Å². The van der Waals surface area contributed by atoms with E-state index in [1.807, 2.05) is 42.5 Å². The van der Waals surface area contributed by atoms with Crippen molar-refractivity contribution in [2.75, 3.05) is 20.0 Å². The molecule has 24 heavy (non-hydrogen) atoms. The highest BCUT2D eigenvalue weighted by atomic mass is 35.5. The number of methoxy groups -OCH3 is 2. The average molecular weight is 366 g/mol. The molecule has 0 aromatic heterocycles. The van der Waals surface area contributed by atoms with Gasteiger partial charge in [0.2, 0.25) is 5.91 Å². The number of hydrogen-bond donors (Lipinski definition) is 1. The second kappa shape index (κ2) is 9.45. The first-order valence-electron chi connectivity index (χ1n) is 7.49. The Kier molecular flexibility index (Phi) is 7.28. The standard InChI is InChI=1S/C18H20ClNO3S/c1-22-16-5-3-4-13(18(16)23-2)12-20-17(21)10-11-24-15-8-6-14(19)7-9-15/h3-9H,10-12H2,1-2H3,(H,20,21). The van der Waals surface area contributed by atoms with Crippen molar-refractivity contribution in [1.82, 2.24) is 5.32 Å². The van der Waals surface area contributed by atoms with Crippen molar-refractivity contribution >= 4 is 29.3 Å². The molecule has 0 unspecified atom stereocenters. The fourth-order valence-corrected chi connectivity index (χ4v) is 3.15. The maximum atomic E-state index is 12.0. The molecule has 0 saturated heterocycles. The van der Waals surface area contributed by atoms with Gasteiger partial charge in [0.05, 0.1) is 14.2 Å². The molecule has 0 bridgehead atoms. The van der Waals surface area contributed by atoms with Crippen molar-refractivity contribution in [1.29, 1.82) is 0 Å². The molecule has 0 spiro atoms. The van der Waals surface area contributed by atoms with Gasteiger partial charge in [-0.1, -0.05) is 23.7 Å². The van der Waals surface area contributed by atoms with Crippen LogP contribution in [-0.4, -0.2) is 25.9 Å². The third-order valence-electron chi connectivity index (χ3n) is 3.37. The summed E-state index contributed by atoms with van der Waals surface area (Å²) in [6.45, 7) is 0.408. The summed E-state index contributed by atoms with van der Waals surface area (Å²) < 4.78 is 10.6. The second-order valence-corrected chi connectivity index (χ2v) is 6.59. The highest BCUT2D eigenvalue weighted by molar-refractivity contribution is 7.99.